The SMILES string of the molecule is CCNc1nc(N)nc(-n2cncn2)n1. The second-order valence-corrected chi connectivity index (χ2v) is 2.69. The van der Waals surface area contributed by atoms with Gasteiger partial charge < -0.3 is 11.1 Å². The lowest BCUT2D eigenvalue weighted by molar-refractivity contribution is 0.798. The molecule has 2 aromatic heterocycles. The highest BCUT2D eigenvalue weighted by Gasteiger charge is 2.05. The third-order valence-corrected chi connectivity index (χ3v) is 1.60. The summed E-state index contributed by atoms with van der Waals surface area (Å²) in [5, 5.41) is 6.85. The molecule has 0 amide bonds. The molecule has 0 fully saturated rings. The Bertz CT molecular complexity index is 436. The van der Waals surface area contributed by atoms with Crippen molar-refractivity contribution in [1.29, 1.82) is 0 Å². The first kappa shape index (κ1) is 9.31. The highest BCUT2D eigenvalue weighted by atomic mass is 15.4. The van der Waals surface area contributed by atoms with Crippen LogP contribution in [-0.2, 0) is 0 Å². The van der Waals surface area contributed by atoms with Crippen LogP contribution in [-0.4, -0.2) is 36.3 Å². The molecule has 2 heterocycles. The topological polar surface area (TPSA) is 107 Å². The van der Waals surface area contributed by atoms with E-state index >= 15 is 0 Å². The third kappa shape index (κ3) is 1.98. The molecule has 0 saturated heterocycles. The molecule has 0 radical (unpaired) electrons. The molecule has 0 bridgehead atoms. The van der Waals surface area contributed by atoms with Gasteiger partial charge in [0.2, 0.25) is 11.9 Å². The van der Waals surface area contributed by atoms with Crippen LogP contribution in [0.2, 0.25) is 0 Å². The molecule has 0 aromatic carbocycles. The minimum atomic E-state index is 0.145. The zero-order chi connectivity index (χ0) is 10.7. The average Bonchev–Trinajstić information content (AvgIpc) is 2.70. The molecular formula is C7H10N8. The van der Waals surface area contributed by atoms with Gasteiger partial charge in [-0.25, -0.2) is 4.98 Å². The quantitative estimate of drug-likeness (QED) is 0.694. The van der Waals surface area contributed by atoms with Gasteiger partial charge in [0.1, 0.15) is 12.7 Å². The van der Waals surface area contributed by atoms with Crippen molar-refractivity contribution < 1.29 is 0 Å². The Morgan fingerprint density at radius 3 is 2.93 bits per heavy atom. The summed E-state index contributed by atoms with van der Waals surface area (Å²) in [6.45, 7) is 2.65. The standard InChI is InChI=1S/C7H10N8/c1-2-10-6-12-5(8)13-7(14-6)15-4-9-3-11-15/h3-4H,2H2,1H3,(H3,8,10,12,13,14). The molecule has 2 rings (SSSR count). The maximum atomic E-state index is 5.53. The van der Waals surface area contributed by atoms with Crippen LogP contribution in [0, 0.1) is 0 Å². The van der Waals surface area contributed by atoms with Gasteiger partial charge in [0.05, 0.1) is 0 Å². The van der Waals surface area contributed by atoms with Crippen molar-refractivity contribution in [2.45, 2.75) is 6.92 Å². The normalized spacial score (nSPS) is 10.2. The van der Waals surface area contributed by atoms with Crippen molar-refractivity contribution in [2.24, 2.45) is 0 Å². The van der Waals surface area contributed by atoms with Crippen molar-refractivity contribution in [3.05, 3.63) is 12.7 Å². The van der Waals surface area contributed by atoms with E-state index in [1.807, 2.05) is 6.92 Å². The van der Waals surface area contributed by atoms with E-state index in [-0.39, 0.29) is 5.95 Å². The number of hydrogen-bond donors (Lipinski definition) is 2. The van der Waals surface area contributed by atoms with E-state index in [1.54, 1.807) is 0 Å². The lowest BCUT2D eigenvalue weighted by Crippen LogP contribution is -2.11. The fourth-order valence-corrected chi connectivity index (χ4v) is 1.03. The number of hydrogen-bond acceptors (Lipinski definition) is 7. The molecule has 0 aliphatic rings. The van der Waals surface area contributed by atoms with Gasteiger partial charge in [0, 0.05) is 6.54 Å². The van der Waals surface area contributed by atoms with E-state index in [9.17, 15) is 0 Å². The molecule has 0 spiro atoms. The van der Waals surface area contributed by atoms with Gasteiger partial charge in [-0.1, -0.05) is 0 Å². The summed E-state index contributed by atoms with van der Waals surface area (Å²) in [6.07, 6.45) is 2.89. The molecule has 78 valence electrons. The van der Waals surface area contributed by atoms with Crippen LogP contribution >= 0.6 is 0 Å². The van der Waals surface area contributed by atoms with Crippen LogP contribution < -0.4 is 11.1 Å². The molecule has 0 aliphatic heterocycles. The maximum Gasteiger partial charge on any atom is 0.258 e. The molecule has 15 heavy (non-hydrogen) atoms. The smallest absolute Gasteiger partial charge is 0.258 e. The van der Waals surface area contributed by atoms with Crippen molar-refractivity contribution >= 4 is 11.9 Å². The molecule has 0 atom stereocenters. The zero-order valence-corrected chi connectivity index (χ0v) is 8.12. The van der Waals surface area contributed by atoms with Gasteiger partial charge in [-0.15, -0.1) is 0 Å². The molecular weight excluding hydrogens is 196 g/mol. The van der Waals surface area contributed by atoms with Gasteiger partial charge in [-0.3, -0.25) is 0 Å². The summed E-state index contributed by atoms with van der Waals surface area (Å²) in [5.74, 6) is 0.915. The summed E-state index contributed by atoms with van der Waals surface area (Å²) in [5.41, 5.74) is 5.53. The van der Waals surface area contributed by atoms with Crippen molar-refractivity contribution in [3.8, 4) is 5.95 Å². The summed E-state index contributed by atoms with van der Waals surface area (Å²) >= 11 is 0. The first-order valence-electron chi connectivity index (χ1n) is 4.40. The number of rotatable bonds is 3. The fraction of sp³-hybridized carbons (Fsp3) is 0.286. The van der Waals surface area contributed by atoms with E-state index in [1.165, 1.54) is 17.3 Å². The molecule has 0 saturated carbocycles. The number of anilines is 2. The molecule has 0 unspecified atom stereocenters. The predicted octanol–water partition coefficient (Wildman–Crippen LogP) is -0.534. The Morgan fingerprint density at radius 2 is 2.27 bits per heavy atom. The summed E-state index contributed by atoms with van der Waals surface area (Å²) in [7, 11) is 0. The number of nitrogens with two attached hydrogens (primary N) is 1. The number of nitrogens with one attached hydrogen (secondary N) is 1. The van der Waals surface area contributed by atoms with Crippen molar-refractivity contribution in [2.75, 3.05) is 17.6 Å². The van der Waals surface area contributed by atoms with E-state index in [0.717, 1.165) is 0 Å². The first-order chi connectivity index (χ1) is 7.29. The van der Waals surface area contributed by atoms with E-state index in [4.69, 9.17) is 5.73 Å². The number of nitrogens with zero attached hydrogens (tertiary/aromatic N) is 6. The summed E-state index contributed by atoms with van der Waals surface area (Å²) in [4.78, 5) is 15.8. The Kier molecular flexibility index (Phi) is 2.40. The largest absolute Gasteiger partial charge is 0.368 e. The van der Waals surface area contributed by atoms with E-state index < -0.39 is 0 Å². The summed E-state index contributed by atoms with van der Waals surface area (Å²) < 4.78 is 1.42. The molecule has 8 heteroatoms. The lowest BCUT2D eigenvalue weighted by Gasteiger charge is -2.04. The average molecular weight is 206 g/mol. The minimum Gasteiger partial charge on any atom is -0.368 e. The molecule has 2 aromatic rings. The second-order valence-electron chi connectivity index (χ2n) is 2.69. The van der Waals surface area contributed by atoms with Crippen LogP contribution in [0.4, 0.5) is 11.9 Å². The molecule has 0 aliphatic carbocycles. The van der Waals surface area contributed by atoms with E-state index in [2.05, 4.69) is 30.4 Å². The zero-order valence-electron chi connectivity index (χ0n) is 8.12. The fourth-order valence-electron chi connectivity index (χ4n) is 1.03. The Hall–Kier alpha value is -2.25. The number of nitrogen functional groups attached to an aromatic ring is 1. The Balaban J connectivity index is 2.40. The predicted molar refractivity (Wildman–Crippen MR) is 53.3 cm³/mol. The summed E-state index contributed by atoms with van der Waals surface area (Å²) in [6, 6.07) is 0. The van der Waals surface area contributed by atoms with Gasteiger partial charge in [-0.2, -0.15) is 24.7 Å². The van der Waals surface area contributed by atoms with Crippen LogP contribution in [0.3, 0.4) is 0 Å². The van der Waals surface area contributed by atoms with E-state index in [0.29, 0.717) is 18.4 Å². The van der Waals surface area contributed by atoms with Gasteiger partial charge >= 0.3 is 0 Å². The van der Waals surface area contributed by atoms with Gasteiger partial charge in [0.15, 0.2) is 0 Å². The highest BCUT2D eigenvalue weighted by Crippen LogP contribution is 2.04. The van der Waals surface area contributed by atoms with Crippen LogP contribution in [0.15, 0.2) is 12.7 Å². The van der Waals surface area contributed by atoms with Crippen LogP contribution in [0.1, 0.15) is 6.92 Å². The minimum absolute atomic E-state index is 0.145. The maximum absolute atomic E-state index is 5.53. The van der Waals surface area contributed by atoms with Crippen molar-refractivity contribution in [3.63, 3.8) is 0 Å². The second kappa shape index (κ2) is 3.86. The number of aromatic nitrogens is 6. The van der Waals surface area contributed by atoms with Crippen LogP contribution in [0.25, 0.3) is 5.95 Å². The Labute approximate surface area is 85.6 Å². The van der Waals surface area contributed by atoms with Gasteiger partial charge in [-0.05, 0) is 6.92 Å². The van der Waals surface area contributed by atoms with Crippen LogP contribution in [0.5, 0.6) is 0 Å². The molecule has 3 N–H and O–H groups in total. The van der Waals surface area contributed by atoms with Crippen molar-refractivity contribution in [1.82, 2.24) is 29.7 Å². The molecule has 8 nitrogen and oxygen atoms in total. The first-order valence-corrected chi connectivity index (χ1v) is 4.40. The third-order valence-electron chi connectivity index (χ3n) is 1.60. The lowest BCUT2D eigenvalue weighted by atomic mass is 10.7. The Morgan fingerprint density at radius 1 is 1.40 bits per heavy atom. The highest BCUT2D eigenvalue weighted by molar-refractivity contribution is 5.34. The van der Waals surface area contributed by atoms with Gasteiger partial charge in [0.25, 0.3) is 5.95 Å². The monoisotopic (exact) mass is 206 g/mol.